The Labute approximate surface area is 86.9 Å². The van der Waals surface area contributed by atoms with Gasteiger partial charge in [-0.2, -0.15) is 0 Å². The van der Waals surface area contributed by atoms with E-state index in [-0.39, 0.29) is 6.10 Å². The first-order chi connectivity index (χ1) is 6.59. The summed E-state index contributed by atoms with van der Waals surface area (Å²) in [5, 5.41) is 12.5. The van der Waals surface area contributed by atoms with Crippen molar-refractivity contribution in [2.24, 2.45) is 0 Å². The van der Waals surface area contributed by atoms with E-state index in [9.17, 15) is 0 Å². The molecule has 1 saturated heterocycles. The molecule has 0 radical (unpaired) electrons. The first-order valence-corrected chi connectivity index (χ1v) is 5.43. The second kappa shape index (κ2) is 5.66. The Balaban J connectivity index is 2.20. The summed E-state index contributed by atoms with van der Waals surface area (Å²) in [6.07, 6.45) is 0.114. The lowest BCUT2D eigenvalue weighted by molar-refractivity contribution is 0.0916. The summed E-state index contributed by atoms with van der Waals surface area (Å²) in [7, 11) is 2.16. The fourth-order valence-corrected chi connectivity index (χ4v) is 1.68. The third-order valence-corrected chi connectivity index (χ3v) is 2.79. The number of likely N-dealkylation sites (N-methyl/N-ethyl adjacent to an activating group) is 1. The molecule has 4 heteroatoms. The third kappa shape index (κ3) is 3.92. The van der Waals surface area contributed by atoms with Gasteiger partial charge in [-0.05, 0) is 20.9 Å². The highest BCUT2D eigenvalue weighted by molar-refractivity contribution is 4.73. The molecule has 1 fully saturated rings. The number of rotatable bonds is 4. The van der Waals surface area contributed by atoms with E-state index in [4.69, 9.17) is 5.11 Å². The lowest BCUT2D eigenvalue weighted by Crippen LogP contribution is -2.53. The summed E-state index contributed by atoms with van der Waals surface area (Å²) < 4.78 is 0. The monoisotopic (exact) mass is 201 g/mol. The van der Waals surface area contributed by atoms with Gasteiger partial charge in [0.25, 0.3) is 0 Å². The molecule has 0 aromatic heterocycles. The number of nitrogens with one attached hydrogen (secondary N) is 1. The van der Waals surface area contributed by atoms with Crippen LogP contribution in [0.15, 0.2) is 0 Å². The molecular formula is C10H23N3O. The Morgan fingerprint density at radius 3 is 2.29 bits per heavy atom. The first kappa shape index (κ1) is 11.9. The minimum atomic E-state index is -0.259. The summed E-state index contributed by atoms with van der Waals surface area (Å²) in [6.45, 7) is 9.15. The number of piperazine rings is 1. The lowest BCUT2D eigenvalue weighted by Gasteiger charge is -2.36. The summed E-state index contributed by atoms with van der Waals surface area (Å²) in [4.78, 5) is 4.76. The summed E-state index contributed by atoms with van der Waals surface area (Å²) >= 11 is 0. The Hall–Kier alpha value is -0.160. The van der Waals surface area contributed by atoms with Crippen LogP contribution in [0.3, 0.4) is 0 Å². The maximum Gasteiger partial charge on any atom is 0.0637 e. The molecule has 14 heavy (non-hydrogen) atoms. The van der Waals surface area contributed by atoms with Crippen molar-refractivity contribution >= 4 is 0 Å². The molecule has 1 heterocycles. The number of nitrogens with zero attached hydrogens (tertiary/aromatic N) is 2. The van der Waals surface area contributed by atoms with Crippen LogP contribution in [0.5, 0.6) is 0 Å². The fraction of sp³-hybridized carbons (Fsp3) is 1.00. The van der Waals surface area contributed by atoms with Crippen molar-refractivity contribution < 1.29 is 5.11 Å². The van der Waals surface area contributed by atoms with E-state index in [2.05, 4.69) is 29.1 Å². The zero-order chi connectivity index (χ0) is 10.6. The van der Waals surface area contributed by atoms with Crippen LogP contribution in [-0.4, -0.2) is 66.9 Å². The van der Waals surface area contributed by atoms with Crippen LogP contribution in [0.25, 0.3) is 0 Å². The van der Waals surface area contributed by atoms with Crippen LogP contribution >= 0.6 is 0 Å². The van der Waals surface area contributed by atoms with Gasteiger partial charge in [-0.25, -0.2) is 0 Å². The van der Waals surface area contributed by atoms with Crippen LogP contribution in [0, 0.1) is 0 Å². The molecule has 0 amide bonds. The molecule has 0 aromatic rings. The Bertz CT molecular complexity index is 155. The van der Waals surface area contributed by atoms with Crippen LogP contribution < -0.4 is 5.32 Å². The van der Waals surface area contributed by atoms with Gasteiger partial charge in [-0.1, -0.05) is 0 Å². The van der Waals surface area contributed by atoms with Gasteiger partial charge in [0.2, 0.25) is 0 Å². The summed E-state index contributed by atoms with van der Waals surface area (Å²) in [5.74, 6) is 0. The molecule has 2 unspecified atom stereocenters. The fourth-order valence-electron chi connectivity index (χ4n) is 1.68. The molecule has 0 aliphatic carbocycles. The second-order valence-electron chi connectivity index (χ2n) is 4.27. The zero-order valence-electron chi connectivity index (χ0n) is 9.53. The minimum absolute atomic E-state index is 0.259. The van der Waals surface area contributed by atoms with Crippen molar-refractivity contribution in [1.29, 1.82) is 0 Å². The van der Waals surface area contributed by atoms with Crippen molar-refractivity contribution in [3.63, 3.8) is 0 Å². The Kier molecular flexibility index (Phi) is 4.81. The molecule has 84 valence electrons. The maximum absolute atomic E-state index is 9.15. The van der Waals surface area contributed by atoms with Crippen LogP contribution in [0.4, 0.5) is 0 Å². The van der Waals surface area contributed by atoms with Gasteiger partial charge in [0.05, 0.1) is 12.3 Å². The second-order valence-corrected chi connectivity index (χ2v) is 4.27. The molecule has 0 aromatic carbocycles. The number of hydrogen-bond donors (Lipinski definition) is 2. The van der Waals surface area contributed by atoms with E-state index in [0.29, 0.717) is 12.7 Å². The van der Waals surface area contributed by atoms with Gasteiger partial charge < -0.3 is 10.0 Å². The van der Waals surface area contributed by atoms with E-state index in [0.717, 1.165) is 26.2 Å². The largest absolute Gasteiger partial charge is 0.392 e. The van der Waals surface area contributed by atoms with Crippen molar-refractivity contribution in [3.8, 4) is 0 Å². The SMILES string of the molecule is CC(O)CNC(C)N1CCN(C)CC1. The molecule has 1 rings (SSSR count). The minimum Gasteiger partial charge on any atom is -0.392 e. The van der Waals surface area contributed by atoms with Gasteiger partial charge in [0.1, 0.15) is 0 Å². The molecule has 0 spiro atoms. The normalized spacial score (nSPS) is 24.9. The average Bonchev–Trinajstić information content (AvgIpc) is 2.15. The van der Waals surface area contributed by atoms with Crippen molar-refractivity contribution in [2.45, 2.75) is 26.1 Å². The van der Waals surface area contributed by atoms with Crippen molar-refractivity contribution in [2.75, 3.05) is 39.8 Å². The number of aliphatic hydroxyl groups is 1. The molecule has 1 aliphatic rings. The lowest BCUT2D eigenvalue weighted by atomic mass is 10.3. The highest BCUT2D eigenvalue weighted by Crippen LogP contribution is 2.02. The van der Waals surface area contributed by atoms with Gasteiger partial charge in [-0.15, -0.1) is 0 Å². The average molecular weight is 201 g/mol. The van der Waals surface area contributed by atoms with Gasteiger partial charge in [0, 0.05) is 32.7 Å². The molecule has 2 N–H and O–H groups in total. The predicted molar refractivity (Wildman–Crippen MR) is 58.2 cm³/mol. The smallest absolute Gasteiger partial charge is 0.0637 e. The Morgan fingerprint density at radius 2 is 1.79 bits per heavy atom. The molecule has 0 bridgehead atoms. The quantitative estimate of drug-likeness (QED) is 0.646. The summed E-state index contributed by atoms with van der Waals surface area (Å²) in [6, 6.07) is 0. The standard InChI is InChI=1S/C10H23N3O/c1-9(14)8-11-10(2)13-6-4-12(3)5-7-13/h9-11,14H,4-8H2,1-3H3. The van der Waals surface area contributed by atoms with E-state index in [1.807, 2.05) is 6.92 Å². The van der Waals surface area contributed by atoms with Crippen LogP contribution in [-0.2, 0) is 0 Å². The van der Waals surface area contributed by atoms with Gasteiger partial charge >= 0.3 is 0 Å². The zero-order valence-corrected chi connectivity index (χ0v) is 9.53. The molecular weight excluding hydrogens is 178 g/mol. The van der Waals surface area contributed by atoms with E-state index in [1.54, 1.807) is 0 Å². The highest BCUT2D eigenvalue weighted by atomic mass is 16.3. The van der Waals surface area contributed by atoms with E-state index < -0.39 is 0 Å². The van der Waals surface area contributed by atoms with Gasteiger partial charge in [-0.3, -0.25) is 10.2 Å². The first-order valence-electron chi connectivity index (χ1n) is 5.43. The number of aliphatic hydroxyl groups excluding tert-OH is 1. The number of hydrogen-bond acceptors (Lipinski definition) is 4. The van der Waals surface area contributed by atoms with E-state index in [1.165, 1.54) is 0 Å². The van der Waals surface area contributed by atoms with Crippen molar-refractivity contribution in [3.05, 3.63) is 0 Å². The van der Waals surface area contributed by atoms with Crippen LogP contribution in [0.1, 0.15) is 13.8 Å². The molecule has 4 nitrogen and oxygen atoms in total. The van der Waals surface area contributed by atoms with Crippen LogP contribution in [0.2, 0.25) is 0 Å². The molecule has 1 aliphatic heterocycles. The van der Waals surface area contributed by atoms with E-state index >= 15 is 0 Å². The molecule has 0 saturated carbocycles. The maximum atomic E-state index is 9.15. The molecule has 2 atom stereocenters. The third-order valence-electron chi connectivity index (χ3n) is 2.79. The van der Waals surface area contributed by atoms with Gasteiger partial charge in [0.15, 0.2) is 0 Å². The predicted octanol–water partition coefficient (Wildman–Crippen LogP) is -0.450. The topological polar surface area (TPSA) is 38.7 Å². The van der Waals surface area contributed by atoms with Crippen molar-refractivity contribution in [1.82, 2.24) is 15.1 Å². The highest BCUT2D eigenvalue weighted by Gasteiger charge is 2.18. The Morgan fingerprint density at radius 1 is 1.21 bits per heavy atom. The summed E-state index contributed by atoms with van der Waals surface area (Å²) in [5.41, 5.74) is 0.